The summed E-state index contributed by atoms with van der Waals surface area (Å²) in [4.78, 5) is 28.3. The molecule has 1 aromatic carbocycles. The Labute approximate surface area is 185 Å². The van der Waals surface area contributed by atoms with E-state index < -0.39 is 0 Å². The number of Topliss-reactive ketones (excluding diaryl/α,β-unsaturated/α-hetero) is 1. The second-order valence-electron chi connectivity index (χ2n) is 8.33. The van der Waals surface area contributed by atoms with Crippen LogP contribution in [0.15, 0.2) is 36.5 Å². The van der Waals surface area contributed by atoms with Gasteiger partial charge in [-0.3, -0.25) is 4.79 Å². The quantitative estimate of drug-likeness (QED) is 0.726. The minimum atomic E-state index is 0.0625. The summed E-state index contributed by atoms with van der Waals surface area (Å²) in [6.45, 7) is 2.90. The van der Waals surface area contributed by atoms with E-state index in [0.29, 0.717) is 50.0 Å². The highest BCUT2D eigenvalue weighted by molar-refractivity contribution is 6.30. The van der Waals surface area contributed by atoms with Crippen molar-refractivity contribution in [3.05, 3.63) is 47.2 Å². The van der Waals surface area contributed by atoms with E-state index in [-0.39, 0.29) is 35.6 Å². The summed E-state index contributed by atoms with van der Waals surface area (Å²) in [5.74, 6) is 1.69. The first-order valence-electron chi connectivity index (χ1n) is 10.5. The van der Waals surface area contributed by atoms with Crippen molar-refractivity contribution < 1.29 is 19.1 Å². The van der Waals surface area contributed by atoms with Crippen LogP contribution in [0.2, 0.25) is 5.15 Å². The molecule has 9 heteroatoms. The highest BCUT2D eigenvalue weighted by Gasteiger charge is 2.40. The topological polar surface area (TPSA) is 84.9 Å². The number of rotatable bonds is 3. The Morgan fingerprint density at radius 3 is 2.71 bits per heavy atom. The van der Waals surface area contributed by atoms with Crippen molar-refractivity contribution in [1.29, 1.82) is 0 Å². The molecule has 0 unspecified atom stereocenters. The number of benzene rings is 1. The number of urea groups is 1. The molecule has 0 saturated carbocycles. The second-order valence-corrected chi connectivity index (χ2v) is 8.69. The number of likely N-dealkylation sites (tertiary alicyclic amines) is 2. The normalized spacial score (nSPS) is 23.8. The zero-order valence-electron chi connectivity index (χ0n) is 16.9. The molecule has 3 saturated heterocycles. The molecule has 31 heavy (non-hydrogen) atoms. The average molecular weight is 443 g/mol. The molecule has 1 aromatic heterocycles. The Morgan fingerprint density at radius 1 is 1.13 bits per heavy atom. The van der Waals surface area contributed by atoms with Gasteiger partial charge in [0.05, 0.1) is 12.3 Å². The zero-order valence-corrected chi connectivity index (χ0v) is 17.7. The largest absolute Gasteiger partial charge is 0.454 e. The molecular weight excluding hydrogens is 420 g/mol. The number of carbonyl (C=O) groups is 2. The number of hydrogen-bond donors (Lipinski definition) is 0. The van der Waals surface area contributed by atoms with Crippen LogP contribution in [0.5, 0.6) is 11.5 Å². The van der Waals surface area contributed by atoms with Gasteiger partial charge in [-0.1, -0.05) is 23.7 Å². The maximum absolute atomic E-state index is 12.9. The Bertz CT molecular complexity index is 980. The first kappa shape index (κ1) is 20.2. The van der Waals surface area contributed by atoms with Crippen LogP contribution >= 0.6 is 11.6 Å². The second kappa shape index (κ2) is 8.43. The summed E-state index contributed by atoms with van der Waals surface area (Å²) in [6, 6.07) is 9.54. The van der Waals surface area contributed by atoms with Crippen LogP contribution in [-0.4, -0.2) is 70.7 Å². The van der Waals surface area contributed by atoms with Gasteiger partial charge in [-0.25, -0.2) is 4.79 Å². The van der Waals surface area contributed by atoms with Crippen LogP contribution in [-0.2, 0) is 9.53 Å². The third-order valence-corrected chi connectivity index (χ3v) is 6.52. The molecule has 4 heterocycles. The molecule has 2 amide bonds. The van der Waals surface area contributed by atoms with Crippen LogP contribution in [0, 0.1) is 5.92 Å². The Balaban J connectivity index is 1.14. The molecule has 162 valence electrons. The molecule has 2 atom stereocenters. The van der Waals surface area contributed by atoms with Gasteiger partial charge >= 0.3 is 6.03 Å². The van der Waals surface area contributed by atoms with Gasteiger partial charge in [0.1, 0.15) is 12.4 Å². The van der Waals surface area contributed by atoms with Crippen molar-refractivity contribution in [2.75, 3.05) is 32.8 Å². The minimum Gasteiger partial charge on any atom is -0.454 e. The van der Waals surface area contributed by atoms with Crippen molar-refractivity contribution in [1.82, 2.24) is 20.0 Å². The number of halogens is 1. The summed E-state index contributed by atoms with van der Waals surface area (Å²) >= 11 is 5.98. The number of carbonyl (C=O) groups excluding carboxylic acids is 2. The molecule has 8 nitrogen and oxygen atoms in total. The highest BCUT2D eigenvalue weighted by Crippen LogP contribution is 2.33. The number of aromatic nitrogens is 2. The fourth-order valence-corrected chi connectivity index (χ4v) is 4.66. The number of ether oxygens (including phenoxy) is 2. The van der Waals surface area contributed by atoms with Crippen molar-refractivity contribution in [2.45, 2.75) is 24.9 Å². The van der Waals surface area contributed by atoms with Crippen molar-refractivity contribution in [3.63, 3.8) is 0 Å². The molecule has 0 bridgehead atoms. The van der Waals surface area contributed by atoms with Gasteiger partial charge < -0.3 is 19.3 Å². The molecule has 3 aliphatic heterocycles. The lowest BCUT2D eigenvalue weighted by Crippen LogP contribution is -2.58. The lowest BCUT2D eigenvalue weighted by Gasteiger charge is -2.46. The lowest BCUT2D eigenvalue weighted by atomic mass is 9.87. The molecule has 0 aliphatic carbocycles. The molecule has 0 spiro atoms. The van der Waals surface area contributed by atoms with Gasteiger partial charge in [0, 0.05) is 50.5 Å². The molecule has 5 rings (SSSR count). The summed E-state index contributed by atoms with van der Waals surface area (Å²) < 4.78 is 11.4. The van der Waals surface area contributed by atoms with Gasteiger partial charge in [-0.2, -0.15) is 5.10 Å². The average Bonchev–Trinajstić information content (AvgIpc) is 2.75. The number of ketones is 1. The van der Waals surface area contributed by atoms with E-state index in [1.165, 1.54) is 11.8 Å². The van der Waals surface area contributed by atoms with E-state index in [1.54, 1.807) is 6.07 Å². The maximum Gasteiger partial charge on any atom is 0.320 e. The van der Waals surface area contributed by atoms with Crippen molar-refractivity contribution in [3.8, 4) is 11.5 Å². The van der Waals surface area contributed by atoms with Gasteiger partial charge in [0.25, 0.3) is 0 Å². The van der Waals surface area contributed by atoms with Gasteiger partial charge in [0.2, 0.25) is 0 Å². The molecular formula is C22H23ClN4O4. The van der Waals surface area contributed by atoms with Crippen LogP contribution in [0.4, 0.5) is 4.79 Å². The summed E-state index contributed by atoms with van der Waals surface area (Å²) in [7, 11) is 0. The van der Waals surface area contributed by atoms with E-state index in [9.17, 15) is 9.59 Å². The fraction of sp³-hybridized carbons (Fsp3) is 0.455. The monoisotopic (exact) mass is 442 g/mol. The molecule has 0 radical (unpaired) electrons. The molecule has 3 aliphatic rings. The predicted octanol–water partition coefficient (Wildman–Crippen LogP) is 3.12. The SMILES string of the molecule is O=C1CO[C@H]2CCN(C(=O)N3CC(c4ccc(Oc5ccnnc5Cl)cc4)C3)C[C@H]2C1. The molecule has 3 fully saturated rings. The van der Waals surface area contributed by atoms with E-state index in [2.05, 4.69) is 10.2 Å². The highest BCUT2D eigenvalue weighted by atomic mass is 35.5. The maximum atomic E-state index is 12.9. The summed E-state index contributed by atoms with van der Waals surface area (Å²) in [6.07, 6.45) is 2.97. The fourth-order valence-electron chi connectivity index (χ4n) is 4.51. The summed E-state index contributed by atoms with van der Waals surface area (Å²) in [5, 5.41) is 7.68. The van der Waals surface area contributed by atoms with E-state index in [1.807, 2.05) is 34.1 Å². The third kappa shape index (κ3) is 4.22. The van der Waals surface area contributed by atoms with Crippen LogP contribution in [0.25, 0.3) is 0 Å². The van der Waals surface area contributed by atoms with E-state index in [0.717, 1.165) is 6.42 Å². The number of piperidine rings is 1. The van der Waals surface area contributed by atoms with Crippen molar-refractivity contribution in [2.24, 2.45) is 5.92 Å². The first-order chi connectivity index (χ1) is 15.1. The number of amides is 2. The molecule has 0 N–H and O–H groups in total. The Kier molecular flexibility index (Phi) is 5.50. The Morgan fingerprint density at radius 2 is 1.94 bits per heavy atom. The third-order valence-electron chi connectivity index (χ3n) is 6.26. The minimum absolute atomic E-state index is 0.0625. The Hall–Kier alpha value is -2.71. The first-order valence-corrected chi connectivity index (χ1v) is 10.9. The summed E-state index contributed by atoms with van der Waals surface area (Å²) in [5.41, 5.74) is 1.17. The van der Waals surface area contributed by atoms with Crippen LogP contribution < -0.4 is 4.74 Å². The smallest absolute Gasteiger partial charge is 0.320 e. The number of hydrogen-bond acceptors (Lipinski definition) is 6. The number of nitrogens with zero attached hydrogens (tertiary/aromatic N) is 4. The van der Waals surface area contributed by atoms with Crippen LogP contribution in [0.1, 0.15) is 24.3 Å². The molecule has 2 aromatic rings. The van der Waals surface area contributed by atoms with Gasteiger partial charge in [0.15, 0.2) is 16.7 Å². The van der Waals surface area contributed by atoms with E-state index >= 15 is 0 Å². The van der Waals surface area contributed by atoms with Gasteiger partial charge in [-0.15, -0.1) is 5.10 Å². The van der Waals surface area contributed by atoms with Crippen LogP contribution in [0.3, 0.4) is 0 Å². The lowest BCUT2D eigenvalue weighted by molar-refractivity contribution is -0.140. The van der Waals surface area contributed by atoms with Gasteiger partial charge in [-0.05, 0) is 24.1 Å². The predicted molar refractivity (Wildman–Crippen MR) is 112 cm³/mol. The van der Waals surface area contributed by atoms with Crippen molar-refractivity contribution >= 4 is 23.4 Å². The number of fused-ring (bicyclic) bond motifs is 1. The standard InChI is InChI=1S/C22H23ClN4O4/c23-21-20(5-7-24-25-21)31-18-3-1-14(2-4-18)16-11-27(12-16)22(29)26-8-6-19-15(10-26)9-17(28)13-30-19/h1-5,7,15-16,19H,6,8-13H2/t15-,19+/m1/s1. The van der Waals surface area contributed by atoms with E-state index in [4.69, 9.17) is 21.1 Å². The zero-order chi connectivity index (χ0) is 21.4.